The lowest BCUT2D eigenvalue weighted by atomic mass is 10.0. The molecule has 40 heavy (non-hydrogen) atoms. The van der Waals surface area contributed by atoms with E-state index in [-0.39, 0.29) is 19.7 Å². The normalized spacial score (nSPS) is 15.3. The molecule has 0 saturated carbocycles. The molecule has 0 unspecified atom stereocenters. The Morgan fingerprint density at radius 3 is 2.27 bits per heavy atom. The molecule has 1 aromatic heterocycles. The van der Waals surface area contributed by atoms with Crippen LogP contribution in [0, 0.1) is 19.7 Å². The standard InChI is InChI=1S/C23H22FN3O5.CHF3O3S/c1-13-14(2)31-22(26-13)16-5-3-15(4-6-16)19-8-7-17(9-20(19)24)27-11-18(32-23(27)29)12-30-21(28)10-25;2-1(3,4)8(5,6)7/h3-9,18H,10-12,25H2,1-2H3;(H,5,6,7)/p-1/t18-;/m1./s1. The molecule has 0 spiro atoms. The second kappa shape index (κ2) is 12.0. The maximum atomic E-state index is 14.9. The van der Waals surface area contributed by atoms with Crippen LogP contribution in [0.5, 0.6) is 0 Å². The Morgan fingerprint density at radius 2 is 1.77 bits per heavy atom. The van der Waals surface area contributed by atoms with Crippen molar-refractivity contribution >= 4 is 27.9 Å². The first-order valence-corrected chi connectivity index (χ1v) is 12.7. The van der Waals surface area contributed by atoms with Gasteiger partial charge in [-0.25, -0.2) is 22.6 Å². The topological polar surface area (TPSA) is 165 Å². The number of carbonyl (C=O) groups is 2. The molecule has 1 aliphatic rings. The number of cyclic esters (lactones) is 1. The van der Waals surface area contributed by atoms with Crippen molar-refractivity contribution in [2.75, 3.05) is 24.6 Å². The fourth-order valence-electron chi connectivity index (χ4n) is 3.36. The van der Waals surface area contributed by atoms with Crippen LogP contribution in [0.4, 0.5) is 28.0 Å². The minimum absolute atomic E-state index is 0.102. The molecule has 2 aromatic carbocycles. The van der Waals surface area contributed by atoms with Gasteiger partial charge in [-0.3, -0.25) is 9.69 Å². The number of nitrogens with two attached hydrogens (primary N) is 1. The van der Waals surface area contributed by atoms with E-state index in [1.54, 1.807) is 24.3 Å². The summed E-state index contributed by atoms with van der Waals surface area (Å²) >= 11 is 0. The van der Waals surface area contributed by atoms with Gasteiger partial charge in [-0.1, -0.05) is 12.1 Å². The van der Waals surface area contributed by atoms with Crippen LogP contribution in [0.25, 0.3) is 22.6 Å². The van der Waals surface area contributed by atoms with Gasteiger partial charge in [0.1, 0.15) is 18.2 Å². The first kappa shape index (κ1) is 30.5. The maximum absolute atomic E-state index is 14.9. The van der Waals surface area contributed by atoms with Gasteiger partial charge in [0.15, 0.2) is 16.2 Å². The summed E-state index contributed by atoms with van der Waals surface area (Å²) in [6.07, 6.45) is -1.28. The molecule has 11 nitrogen and oxygen atoms in total. The molecule has 216 valence electrons. The molecule has 2 heterocycles. The minimum Gasteiger partial charge on any atom is -0.741 e. The molecule has 16 heteroatoms. The Morgan fingerprint density at radius 1 is 1.18 bits per heavy atom. The highest BCUT2D eigenvalue weighted by molar-refractivity contribution is 7.86. The average Bonchev–Trinajstić information content (AvgIpc) is 3.42. The summed E-state index contributed by atoms with van der Waals surface area (Å²) in [5.74, 6) is 0.199. The zero-order chi connectivity index (χ0) is 29.8. The van der Waals surface area contributed by atoms with Gasteiger partial charge in [-0.2, -0.15) is 13.2 Å². The molecule has 0 radical (unpaired) electrons. The van der Waals surface area contributed by atoms with Crippen LogP contribution in [0.2, 0.25) is 0 Å². The van der Waals surface area contributed by atoms with E-state index in [9.17, 15) is 27.2 Å². The summed E-state index contributed by atoms with van der Waals surface area (Å²) < 4.78 is 89.5. The molecule has 1 fully saturated rings. The lowest BCUT2D eigenvalue weighted by Crippen LogP contribution is -2.28. The second-order valence-corrected chi connectivity index (χ2v) is 9.68. The summed E-state index contributed by atoms with van der Waals surface area (Å²) in [5, 5.41) is 0. The molecule has 1 saturated heterocycles. The largest absolute Gasteiger partial charge is 0.741 e. The third-order valence-electron chi connectivity index (χ3n) is 5.49. The molecular weight excluding hydrogens is 566 g/mol. The number of aromatic nitrogens is 1. The molecule has 3 aromatic rings. The molecule has 1 amide bonds. The summed E-state index contributed by atoms with van der Waals surface area (Å²) in [4.78, 5) is 29.0. The van der Waals surface area contributed by atoms with E-state index in [2.05, 4.69) is 4.98 Å². The van der Waals surface area contributed by atoms with Crippen LogP contribution < -0.4 is 10.6 Å². The Balaban J connectivity index is 0.000000482. The Hall–Kier alpha value is -4.02. The van der Waals surface area contributed by atoms with E-state index in [0.717, 1.165) is 17.0 Å². The highest BCUT2D eigenvalue weighted by Crippen LogP contribution is 2.31. The van der Waals surface area contributed by atoms with Gasteiger partial charge in [0.25, 0.3) is 0 Å². The monoisotopic (exact) mass is 588 g/mol. The van der Waals surface area contributed by atoms with Crippen molar-refractivity contribution in [1.29, 1.82) is 0 Å². The number of hydrogen-bond acceptors (Lipinski definition) is 10. The minimum atomic E-state index is -6.09. The Kier molecular flexibility index (Phi) is 9.17. The number of esters is 1. The van der Waals surface area contributed by atoms with Crippen molar-refractivity contribution in [3.63, 3.8) is 0 Å². The fourth-order valence-corrected chi connectivity index (χ4v) is 3.36. The van der Waals surface area contributed by atoms with Crippen LogP contribution >= 0.6 is 0 Å². The molecule has 2 N–H and O–H groups in total. The van der Waals surface area contributed by atoms with E-state index >= 15 is 0 Å². The smallest absolute Gasteiger partial charge is 0.485 e. The summed E-state index contributed by atoms with van der Waals surface area (Å²) in [6.45, 7) is 3.50. The number of rotatable bonds is 6. The predicted octanol–water partition coefficient (Wildman–Crippen LogP) is 3.64. The van der Waals surface area contributed by atoms with Crippen molar-refractivity contribution in [1.82, 2.24) is 4.98 Å². The lowest BCUT2D eigenvalue weighted by Gasteiger charge is -2.14. The Labute approximate surface area is 225 Å². The molecule has 1 atom stereocenters. The van der Waals surface area contributed by atoms with Crippen molar-refractivity contribution in [2.24, 2.45) is 5.73 Å². The average molecular weight is 589 g/mol. The van der Waals surface area contributed by atoms with Gasteiger partial charge >= 0.3 is 17.6 Å². The van der Waals surface area contributed by atoms with Crippen LogP contribution in [-0.2, 0) is 24.4 Å². The van der Waals surface area contributed by atoms with E-state index in [0.29, 0.717) is 22.7 Å². The first-order valence-electron chi connectivity index (χ1n) is 11.3. The zero-order valence-electron chi connectivity index (χ0n) is 20.9. The number of aryl methyl sites for hydroxylation is 2. The van der Waals surface area contributed by atoms with Crippen molar-refractivity contribution in [3.05, 3.63) is 59.7 Å². The number of carbonyl (C=O) groups excluding carboxylic acids is 2. The molecule has 4 rings (SSSR count). The van der Waals surface area contributed by atoms with E-state index < -0.39 is 39.6 Å². The van der Waals surface area contributed by atoms with Gasteiger partial charge in [-0.15, -0.1) is 0 Å². The number of nitrogens with zero attached hydrogens (tertiary/aromatic N) is 2. The molecular formula is C24H22F4N3O8S-. The number of amides is 1. The maximum Gasteiger partial charge on any atom is 0.485 e. The third kappa shape index (κ3) is 7.34. The highest BCUT2D eigenvalue weighted by atomic mass is 32.2. The van der Waals surface area contributed by atoms with Crippen LogP contribution in [-0.4, -0.2) is 61.3 Å². The summed E-state index contributed by atoms with van der Waals surface area (Å²) in [6, 6.07) is 11.7. The van der Waals surface area contributed by atoms with Gasteiger partial charge < -0.3 is 24.2 Å². The van der Waals surface area contributed by atoms with Crippen LogP contribution in [0.3, 0.4) is 0 Å². The van der Waals surface area contributed by atoms with Crippen molar-refractivity contribution < 1.29 is 54.0 Å². The second-order valence-electron chi connectivity index (χ2n) is 8.31. The SMILES string of the molecule is Cc1nc(-c2ccc(-c3ccc(N4C[C@H](COC(=O)CN)OC4=O)cc3F)cc2)oc1C.O=S(=O)([O-])C(F)(F)F. The van der Waals surface area contributed by atoms with E-state index in [1.165, 1.54) is 11.0 Å². The molecule has 0 aliphatic carbocycles. The number of anilines is 1. The number of benzene rings is 2. The fraction of sp³-hybridized carbons (Fsp3) is 0.292. The van der Waals surface area contributed by atoms with Crippen molar-refractivity contribution in [2.45, 2.75) is 25.5 Å². The predicted molar refractivity (Wildman–Crippen MR) is 130 cm³/mol. The number of oxazole rings is 1. The highest BCUT2D eigenvalue weighted by Gasteiger charge is 2.37. The van der Waals surface area contributed by atoms with Gasteiger partial charge in [0, 0.05) is 11.1 Å². The Bertz CT molecular complexity index is 1470. The number of ether oxygens (including phenoxy) is 2. The van der Waals surface area contributed by atoms with Crippen LogP contribution in [0.15, 0.2) is 46.9 Å². The summed E-state index contributed by atoms with van der Waals surface area (Å²) in [7, 11) is -6.09. The number of hydrogen-bond donors (Lipinski definition) is 1. The van der Waals surface area contributed by atoms with Crippen LogP contribution in [0.1, 0.15) is 11.5 Å². The van der Waals surface area contributed by atoms with Gasteiger partial charge in [0.2, 0.25) is 5.89 Å². The lowest BCUT2D eigenvalue weighted by molar-refractivity contribution is -0.144. The third-order valence-corrected chi connectivity index (χ3v) is 6.06. The van der Waals surface area contributed by atoms with E-state index in [4.69, 9.17) is 32.6 Å². The van der Waals surface area contributed by atoms with Gasteiger partial charge in [0.05, 0.1) is 24.5 Å². The first-order chi connectivity index (χ1) is 18.6. The number of halogens is 4. The van der Waals surface area contributed by atoms with Crippen molar-refractivity contribution in [3.8, 4) is 22.6 Å². The van der Waals surface area contributed by atoms with Gasteiger partial charge in [-0.05, 0) is 49.7 Å². The quantitative estimate of drug-likeness (QED) is 0.194. The summed E-state index contributed by atoms with van der Waals surface area (Å²) in [5.41, 5.74) is 2.57. The molecule has 0 bridgehead atoms. The molecule has 1 aliphatic heterocycles. The van der Waals surface area contributed by atoms with E-state index in [1.807, 2.05) is 26.0 Å². The zero-order valence-corrected chi connectivity index (χ0v) is 21.7. The number of alkyl halides is 3.